The molecule has 0 fully saturated rings. The lowest BCUT2D eigenvalue weighted by molar-refractivity contribution is -0.130. The zero-order chi connectivity index (χ0) is 14.6. The Labute approximate surface area is 118 Å². The number of carbonyl (C=O) groups excluding carboxylic acids is 2. The fourth-order valence-corrected chi connectivity index (χ4v) is 1.82. The van der Waals surface area contributed by atoms with Crippen molar-refractivity contribution >= 4 is 23.4 Å². The molecule has 1 rings (SSSR count). The number of rotatable bonds is 4. The summed E-state index contributed by atoms with van der Waals surface area (Å²) >= 11 is 5.86. The molecule has 1 aromatic heterocycles. The van der Waals surface area contributed by atoms with Gasteiger partial charge in [-0.1, -0.05) is 18.5 Å². The van der Waals surface area contributed by atoms with Gasteiger partial charge in [-0.25, -0.2) is 4.98 Å². The van der Waals surface area contributed by atoms with Crippen LogP contribution in [0.1, 0.15) is 29.9 Å². The highest BCUT2D eigenvalue weighted by Gasteiger charge is 2.18. The van der Waals surface area contributed by atoms with E-state index < -0.39 is 6.04 Å². The van der Waals surface area contributed by atoms with E-state index in [1.165, 1.54) is 11.0 Å². The number of nitrogens with zero attached hydrogens (tertiary/aromatic N) is 2. The number of carbonyl (C=O) groups is 2. The van der Waals surface area contributed by atoms with E-state index in [-0.39, 0.29) is 17.0 Å². The van der Waals surface area contributed by atoms with E-state index in [1.54, 1.807) is 27.1 Å². The molecule has 0 aliphatic rings. The van der Waals surface area contributed by atoms with E-state index in [9.17, 15) is 9.59 Å². The molecule has 0 aromatic carbocycles. The molecule has 0 saturated heterocycles. The number of pyridine rings is 1. The monoisotopic (exact) mass is 283 g/mol. The minimum absolute atomic E-state index is 0.163. The van der Waals surface area contributed by atoms with Gasteiger partial charge < -0.3 is 10.2 Å². The van der Waals surface area contributed by atoms with Gasteiger partial charge in [-0.05, 0) is 25.5 Å². The first-order chi connectivity index (χ1) is 8.85. The summed E-state index contributed by atoms with van der Waals surface area (Å²) in [7, 11) is 3.28. The summed E-state index contributed by atoms with van der Waals surface area (Å²) in [6.45, 7) is 3.57. The molecular formula is C13H18ClN3O2. The largest absolute Gasteiger partial charge is 0.347 e. The highest BCUT2D eigenvalue weighted by Crippen LogP contribution is 2.11. The topological polar surface area (TPSA) is 62.3 Å². The Hall–Kier alpha value is -1.62. The average Bonchev–Trinajstić information content (AvgIpc) is 2.36. The third-order valence-corrected chi connectivity index (χ3v) is 2.82. The van der Waals surface area contributed by atoms with E-state index in [0.717, 1.165) is 5.69 Å². The second-order valence-corrected chi connectivity index (χ2v) is 4.84. The zero-order valence-electron chi connectivity index (χ0n) is 11.5. The van der Waals surface area contributed by atoms with Gasteiger partial charge in [0.15, 0.2) is 0 Å². The van der Waals surface area contributed by atoms with Crippen LogP contribution in [-0.4, -0.2) is 41.8 Å². The van der Waals surface area contributed by atoms with Crippen molar-refractivity contribution in [3.05, 3.63) is 28.5 Å². The number of hydrogen-bond acceptors (Lipinski definition) is 3. The van der Waals surface area contributed by atoms with E-state index in [2.05, 4.69) is 10.3 Å². The third-order valence-electron chi connectivity index (χ3n) is 2.63. The van der Waals surface area contributed by atoms with Gasteiger partial charge in [-0.15, -0.1) is 0 Å². The summed E-state index contributed by atoms with van der Waals surface area (Å²) < 4.78 is 0. The first kappa shape index (κ1) is 15.4. The van der Waals surface area contributed by atoms with Crippen molar-refractivity contribution < 1.29 is 9.59 Å². The smallest absolute Gasteiger partial charge is 0.252 e. The van der Waals surface area contributed by atoms with Crippen molar-refractivity contribution in [2.45, 2.75) is 26.3 Å². The van der Waals surface area contributed by atoms with Crippen LogP contribution >= 0.6 is 11.6 Å². The van der Waals surface area contributed by atoms with E-state index in [0.29, 0.717) is 12.0 Å². The lowest BCUT2D eigenvalue weighted by Gasteiger charge is -2.18. The molecule has 1 atom stereocenters. The van der Waals surface area contributed by atoms with E-state index >= 15 is 0 Å². The number of nitrogens with one attached hydrogen (secondary N) is 1. The van der Waals surface area contributed by atoms with E-state index in [1.807, 2.05) is 6.92 Å². The molecule has 0 bridgehead atoms. The van der Waals surface area contributed by atoms with Gasteiger partial charge in [0.25, 0.3) is 5.91 Å². The standard InChI is InChI=1S/C13H18ClN3O2/c1-5-10-6-9(7-11(14)16-10)12(18)15-8(2)13(19)17(3)4/h6-8H,5H2,1-4H3,(H,15,18). The summed E-state index contributed by atoms with van der Waals surface area (Å²) in [5.41, 5.74) is 1.15. The minimum atomic E-state index is -0.584. The van der Waals surface area contributed by atoms with Crippen LogP contribution in [0.25, 0.3) is 0 Å². The Balaban J connectivity index is 2.84. The average molecular weight is 284 g/mol. The van der Waals surface area contributed by atoms with Crippen LogP contribution < -0.4 is 5.32 Å². The Morgan fingerprint density at radius 1 is 1.42 bits per heavy atom. The number of amides is 2. The molecule has 1 N–H and O–H groups in total. The van der Waals surface area contributed by atoms with Gasteiger partial charge in [-0.3, -0.25) is 9.59 Å². The molecule has 0 spiro atoms. The maximum atomic E-state index is 12.0. The molecular weight excluding hydrogens is 266 g/mol. The van der Waals surface area contributed by atoms with Crippen LogP contribution in [0.15, 0.2) is 12.1 Å². The normalized spacial score (nSPS) is 11.8. The van der Waals surface area contributed by atoms with Gasteiger partial charge in [0.2, 0.25) is 5.91 Å². The molecule has 6 heteroatoms. The van der Waals surface area contributed by atoms with Crippen LogP contribution in [0, 0.1) is 0 Å². The quantitative estimate of drug-likeness (QED) is 0.852. The van der Waals surface area contributed by atoms with Crippen molar-refractivity contribution in [3.8, 4) is 0 Å². The van der Waals surface area contributed by atoms with Crippen LogP contribution in [0.5, 0.6) is 0 Å². The van der Waals surface area contributed by atoms with Crippen molar-refractivity contribution in [2.24, 2.45) is 0 Å². The molecule has 0 saturated carbocycles. The maximum absolute atomic E-state index is 12.0. The number of halogens is 1. The van der Waals surface area contributed by atoms with Crippen molar-refractivity contribution in [1.29, 1.82) is 0 Å². The lowest BCUT2D eigenvalue weighted by atomic mass is 10.1. The van der Waals surface area contributed by atoms with Gasteiger partial charge in [0.05, 0.1) is 0 Å². The second-order valence-electron chi connectivity index (χ2n) is 4.45. The van der Waals surface area contributed by atoms with Crippen molar-refractivity contribution in [3.63, 3.8) is 0 Å². The van der Waals surface area contributed by atoms with Gasteiger partial charge >= 0.3 is 0 Å². The molecule has 19 heavy (non-hydrogen) atoms. The first-order valence-corrected chi connectivity index (χ1v) is 6.41. The molecule has 104 valence electrons. The molecule has 0 radical (unpaired) electrons. The highest BCUT2D eigenvalue weighted by atomic mass is 35.5. The van der Waals surface area contributed by atoms with Gasteiger partial charge in [0.1, 0.15) is 11.2 Å². The summed E-state index contributed by atoms with van der Waals surface area (Å²) in [6.07, 6.45) is 0.688. The zero-order valence-corrected chi connectivity index (χ0v) is 12.3. The fraction of sp³-hybridized carbons (Fsp3) is 0.462. The predicted molar refractivity (Wildman–Crippen MR) is 74.2 cm³/mol. The fourth-order valence-electron chi connectivity index (χ4n) is 1.59. The summed E-state index contributed by atoms with van der Waals surface area (Å²) in [5, 5.41) is 2.91. The number of aryl methyl sites for hydroxylation is 1. The molecule has 1 unspecified atom stereocenters. The third kappa shape index (κ3) is 4.21. The Morgan fingerprint density at radius 2 is 2.05 bits per heavy atom. The number of hydrogen-bond donors (Lipinski definition) is 1. The van der Waals surface area contributed by atoms with Gasteiger partial charge in [0, 0.05) is 25.4 Å². The van der Waals surface area contributed by atoms with Crippen LogP contribution in [0.2, 0.25) is 5.15 Å². The second kappa shape index (κ2) is 6.52. The Bertz CT molecular complexity index is 489. The molecule has 5 nitrogen and oxygen atoms in total. The van der Waals surface area contributed by atoms with Crippen LogP contribution in [0.4, 0.5) is 0 Å². The highest BCUT2D eigenvalue weighted by molar-refractivity contribution is 6.29. The molecule has 2 amide bonds. The summed E-state index contributed by atoms with van der Waals surface area (Å²) in [6, 6.07) is 2.58. The predicted octanol–water partition coefficient (Wildman–Crippen LogP) is 1.50. The number of aromatic nitrogens is 1. The van der Waals surface area contributed by atoms with Gasteiger partial charge in [-0.2, -0.15) is 0 Å². The summed E-state index contributed by atoms with van der Waals surface area (Å²) in [4.78, 5) is 29.2. The Kier molecular flexibility index (Phi) is 5.30. The summed E-state index contributed by atoms with van der Waals surface area (Å²) in [5.74, 6) is -0.495. The molecule has 0 aliphatic carbocycles. The SMILES string of the molecule is CCc1cc(C(=O)NC(C)C(=O)N(C)C)cc(Cl)n1. The maximum Gasteiger partial charge on any atom is 0.252 e. The van der Waals surface area contributed by atoms with Crippen molar-refractivity contribution in [1.82, 2.24) is 15.2 Å². The first-order valence-electron chi connectivity index (χ1n) is 6.03. The Morgan fingerprint density at radius 3 is 2.58 bits per heavy atom. The van der Waals surface area contributed by atoms with E-state index in [4.69, 9.17) is 11.6 Å². The van der Waals surface area contributed by atoms with Crippen LogP contribution in [0.3, 0.4) is 0 Å². The molecule has 1 aromatic rings. The number of likely N-dealkylation sites (N-methyl/N-ethyl adjacent to an activating group) is 1. The molecule has 1 heterocycles. The van der Waals surface area contributed by atoms with Crippen molar-refractivity contribution in [2.75, 3.05) is 14.1 Å². The lowest BCUT2D eigenvalue weighted by Crippen LogP contribution is -2.44. The minimum Gasteiger partial charge on any atom is -0.347 e. The molecule has 0 aliphatic heterocycles. The van der Waals surface area contributed by atoms with Crippen LogP contribution in [-0.2, 0) is 11.2 Å².